The zero-order valence-electron chi connectivity index (χ0n) is 25.5. The monoisotopic (exact) mass is 566 g/mol. The van der Waals surface area contributed by atoms with Crippen molar-refractivity contribution >= 4 is 43.7 Å². The molecule has 1 atom stereocenters. The Morgan fingerprint density at radius 2 is 1.56 bits per heavy atom. The summed E-state index contributed by atoms with van der Waals surface area (Å²) in [6.45, 7) is 10.6. The van der Waals surface area contributed by atoms with Crippen molar-refractivity contribution in [1.82, 2.24) is 5.32 Å². The van der Waals surface area contributed by atoms with Gasteiger partial charge in [-0.1, -0.05) is 93.6 Å². The molecule has 1 aliphatic heterocycles. The molecule has 0 amide bonds. The Labute approximate surface area is 253 Å². The summed E-state index contributed by atoms with van der Waals surface area (Å²) < 4.78 is 6.35. The summed E-state index contributed by atoms with van der Waals surface area (Å²) in [4.78, 5) is 5.13. The van der Waals surface area contributed by atoms with Gasteiger partial charge in [0.05, 0.1) is 5.71 Å². The van der Waals surface area contributed by atoms with Gasteiger partial charge in [-0.05, 0) is 82.8 Å². The van der Waals surface area contributed by atoms with E-state index >= 15 is 0 Å². The maximum Gasteiger partial charge on any atom is 0.149 e. The molecule has 4 nitrogen and oxygen atoms in total. The van der Waals surface area contributed by atoms with Gasteiger partial charge in [0.25, 0.3) is 0 Å². The van der Waals surface area contributed by atoms with Crippen LogP contribution in [0.25, 0.3) is 38.0 Å². The van der Waals surface area contributed by atoms with Gasteiger partial charge < -0.3 is 15.2 Å². The highest BCUT2D eigenvalue weighted by molar-refractivity contribution is 6.25. The van der Waals surface area contributed by atoms with E-state index in [0.717, 1.165) is 35.4 Å². The van der Waals surface area contributed by atoms with E-state index in [4.69, 9.17) is 9.73 Å². The summed E-state index contributed by atoms with van der Waals surface area (Å²) >= 11 is 0. The van der Waals surface area contributed by atoms with Crippen molar-refractivity contribution in [2.75, 3.05) is 0 Å². The van der Waals surface area contributed by atoms with E-state index in [0.29, 0.717) is 11.3 Å². The Bertz CT molecular complexity index is 1990. The quantitative estimate of drug-likeness (QED) is 0.208. The van der Waals surface area contributed by atoms with Gasteiger partial charge in [0, 0.05) is 28.3 Å². The first-order chi connectivity index (χ1) is 20.6. The Morgan fingerprint density at radius 1 is 0.837 bits per heavy atom. The lowest BCUT2D eigenvalue weighted by Crippen LogP contribution is -2.42. The normalized spacial score (nSPS) is 17.6. The molecule has 2 aliphatic rings. The van der Waals surface area contributed by atoms with E-state index in [1.54, 1.807) is 6.07 Å². The fourth-order valence-corrected chi connectivity index (χ4v) is 6.03. The number of hydrogen-bond acceptors (Lipinski definition) is 4. The van der Waals surface area contributed by atoms with Crippen LogP contribution >= 0.6 is 0 Å². The van der Waals surface area contributed by atoms with Gasteiger partial charge >= 0.3 is 0 Å². The lowest BCUT2D eigenvalue weighted by molar-refractivity contribution is 0.000654. The molecule has 0 saturated carbocycles. The zero-order chi connectivity index (χ0) is 29.9. The smallest absolute Gasteiger partial charge is 0.149 e. The largest absolute Gasteiger partial charge is 0.507 e. The van der Waals surface area contributed by atoms with Crippen LogP contribution in [0, 0.1) is 5.41 Å². The number of benzene rings is 5. The van der Waals surface area contributed by atoms with E-state index in [9.17, 15) is 5.11 Å². The Kier molecular flexibility index (Phi) is 6.35. The molecule has 7 rings (SSSR count). The summed E-state index contributed by atoms with van der Waals surface area (Å²) in [5.41, 5.74) is 4.35. The molecule has 5 aromatic rings. The van der Waals surface area contributed by atoms with Crippen molar-refractivity contribution in [3.05, 3.63) is 114 Å². The third kappa shape index (κ3) is 4.75. The SMILES string of the molecule is CC(C)(C)C(C)(C)Oc1ccc(C2N=C(C3=CCCC=C3)C=C(c3ccc4ccc5cccc6ccc3c4c56)N2)c(O)c1. The van der Waals surface area contributed by atoms with E-state index in [2.05, 4.69) is 119 Å². The van der Waals surface area contributed by atoms with E-state index in [1.165, 1.54) is 32.3 Å². The maximum atomic E-state index is 11.3. The second-order valence-electron chi connectivity index (χ2n) is 13.3. The van der Waals surface area contributed by atoms with Crippen LogP contribution in [0.1, 0.15) is 64.8 Å². The topological polar surface area (TPSA) is 53.8 Å². The molecule has 43 heavy (non-hydrogen) atoms. The van der Waals surface area contributed by atoms with E-state index < -0.39 is 11.8 Å². The Morgan fingerprint density at radius 3 is 2.26 bits per heavy atom. The van der Waals surface area contributed by atoms with Crippen LogP contribution in [0.4, 0.5) is 0 Å². The van der Waals surface area contributed by atoms with E-state index in [1.807, 2.05) is 12.1 Å². The summed E-state index contributed by atoms with van der Waals surface area (Å²) in [5, 5.41) is 22.5. The van der Waals surface area contributed by atoms with Crippen molar-refractivity contribution in [2.45, 2.75) is 59.2 Å². The lowest BCUT2D eigenvalue weighted by Gasteiger charge is -2.39. The van der Waals surface area contributed by atoms with Gasteiger partial charge in [0.15, 0.2) is 0 Å². The van der Waals surface area contributed by atoms with Crippen LogP contribution in [-0.4, -0.2) is 16.4 Å². The van der Waals surface area contributed by atoms with Gasteiger partial charge in [0.2, 0.25) is 0 Å². The molecule has 216 valence electrons. The molecule has 1 heterocycles. The minimum Gasteiger partial charge on any atom is -0.507 e. The van der Waals surface area contributed by atoms with Crippen molar-refractivity contribution in [1.29, 1.82) is 0 Å². The van der Waals surface area contributed by atoms with Gasteiger partial charge in [-0.3, -0.25) is 4.99 Å². The maximum absolute atomic E-state index is 11.3. The number of aliphatic imine (C=N–C) groups is 1. The molecular formula is C39H38N2O2. The first-order valence-electron chi connectivity index (χ1n) is 15.2. The summed E-state index contributed by atoms with van der Waals surface area (Å²) in [6, 6.07) is 25.4. The van der Waals surface area contributed by atoms with E-state index in [-0.39, 0.29) is 11.2 Å². The molecule has 1 unspecified atom stereocenters. The minimum atomic E-state index is -0.463. The molecule has 5 aromatic carbocycles. The Balaban J connectivity index is 1.33. The first-order valence-corrected chi connectivity index (χ1v) is 15.2. The van der Waals surface area contributed by atoms with Gasteiger partial charge in [-0.25, -0.2) is 0 Å². The second-order valence-corrected chi connectivity index (χ2v) is 13.3. The third-order valence-electron chi connectivity index (χ3n) is 9.43. The first kappa shape index (κ1) is 27.3. The van der Waals surface area contributed by atoms with Crippen molar-refractivity contribution in [3.63, 3.8) is 0 Å². The average Bonchev–Trinajstić information content (AvgIpc) is 2.99. The van der Waals surface area contributed by atoms with Crippen LogP contribution in [-0.2, 0) is 0 Å². The number of phenols is 1. The highest BCUT2D eigenvalue weighted by atomic mass is 16.5. The van der Waals surface area contributed by atoms with Crippen molar-refractivity contribution < 1.29 is 9.84 Å². The summed E-state index contributed by atoms with van der Waals surface area (Å²) in [5.74, 6) is 0.800. The number of allylic oxidation sites excluding steroid dienone is 5. The predicted octanol–water partition coefficient (Wildman–Crippen LogP) is 9.85. The highest BCUT2D eigenvalue weighted by Gasteiger charge is 2.35. The molecular weight excluding hydrogens is 528 g/mol. The van der Waals surface area contributed by atoms with Gasteiger partial charge in [-0.2, -0.15) is 0 Å². The number of nitrogens with one attached hydrogen (secondary N) is 1. The molecule has 0 fully saturated rings. The zero-order valence-corrected chi connectivity index (χ0v) is 25.5. The molecule has 0 bridgehead atoms. The van der Waals surface area contributed by atoms with Crippen LogP contribution in [0.2, 0.25) is 0 Å². The molecule has 2 N–H and O–H groups in total. The number of ether oxygens (including phenoxy) is 1. The molecule has 0 aromatic heterocycles. The van der Waals surface area contributed by atoms with Crippen LogP contribution in [0.3, 0.4) is 0 Å². The number of phenolic OH excluding ortho intramolecular Hbond substituents is 1. The average molecular weight is 567 g/mol. The van der Waals surface area contributed by atoms with Crippen LogP contribution in [0.5, 0.6) is 11.5 Å². The molecule has 4 heteroatoms. The molecule has 0 saturated heterocycles. The third-order valence-corrected chi connectivity index (χ3v) is 9.43. The fraction of sp³-hybridized carbons (Fsp3) is 0.256. The standard InChI is InChI=1S/C39H38N2O2/c1-38(2,3)39(4,5)43-28-18-21-31(34(42)22-28)37-40-32(24-10-7-6-8-11-24)23-33(41-37)29-19-16-27-15-14-25-12-9-13-26-17-20-30(29)36(27)35(25)26/h7,9-23,37,41-42H,6,8H2,1-5H3. The predicted molar refractivity (Wildman–Crippen MR) is 180 cm³/mol. The van der Waals surface area contributed by atoms with Crippen molar-refractivity contribution in [3.8, 4) is 11.5 Å². The minimum absolute atomic E-state index is 0.0764. The number of hydrogen-bond donors (Lipinski definition) is 2. The van der Waals surface area contributed by atoms with Crippen LogP contribution in [0.15, 0.2) is 108 Å². The fourth-order valence-electron chi connectivity index (χ4n) is 6.03. The number of rotatable bonds is 5. The lowest BCUT2D eigenvalue weighted by atomic mass is 9.79. The second kappa shape index (κ2) is 10.0. The molecule has 0 spiro atoms. The summed E-state index contributed by atoms with van der Waals surface area (Å²) in [7, 11) is 0. The number of aromatic hydroxyl groups is 1. The van der Waals surface area contributed by atoms with Crippen LogP contribution < -0.4 is 10.1 Å². The van der Waals surface area contributed by atoms with Gasteiger partial charge in [0.1, 0.15) is 23.3 Å². The summed E-state index contributed by atoms with van der Waals surface area (Å²) in [6.07, 6.45) is 10.3. The van der Waals surface area contributed by atoms with Gasteiger partial charge in [-0.15, -0.1) is 0 Å². The highest BCUT2D eigenvalue weighted by Crippen LogP contribution is 2.41. The number of nitrogens with zero attached hydrogens (tertiary/aromatic N) is 1. The van der Waals surface area contributed by atoms with Crippen molar-refractivity contribution in [2.24, 2.45) is 10.4 Å². The Hall–Kier alpha value is -4.57. The molecule has 0 radical (unpaired) electrons. The molecule has 1 aliphatic carbocycles.